The SMILES string of the molecule is NC(=O)[C@@H]1CC(C(=O)Nc2ccccc2OCC(F)(F)F)=NN1c1ccccc1. The Balaban J connectivity index is 1.78. The molecule has 2 aromatic rings. The molecule has 1 aliphatic rings. The number of primary amides is 1. The van der Waals surface area contributed by atoms with Crippen LogP contribution in [0.5, 0.6) is 5.75 Å². The fraction of sp³-hybridized carbons (Fsp3) is 0.211. The van der Waals surface area contributed by atoms with E-state index in [9.17, 15) is 22.8 Å². The van der Waals surface area contributed by atoms with Gasteiger partial charge in [0.05, 0.1) is 11.4 Å². The molecule has 0 saturated heterocycles. The first kappa shape index (κ1) is 20.2. The molecular weight excluding hydrogens is 389 g/mol. The van der Waals surface area contributed by atoms with Crippen LogP contribution in [0.25, 0.3) is 0 Å². The zero-order chi connectivity index (χ0) is 21.0. The number of anilines is 2. The van der Waals surface area contributed by atoms with Crippen LogP contribution < -0.4 is 20.8 Å². The second kappa shape index (κ2) is 8.21. The predicted molar refractivity (Wildman–Crippen MR) is 101 cm³/mol. The van der Waals surface area contributed by atoms with Crippen LogP contribution in [0.3, 0.4) is 0 Å². The normalized spacial score (nSPS) is 16.3. The number of carbonyl (C=O) groups is 2. The first-order valence-electron chi connectivity index (χ1n) is 8.55. The lowest BCUT2D eigenvalue weighted by molar-refractivity contribution is -0.153. The van der Waals surface area contributed by atoms with Gasteiger partial charge in [-0.3, -0.25) is 14.6 Å². The minimum absolute atomic E-state index is 0.0169. The van der Waals surface area contributed by atoms with Gasteiger partial charge in [-0.05, 0) is 24.3 Å². The van der Waals surface area contributed by atoms with Crippen molar-refractivity contribution in [2.45, 2.75) is 18.6 Å². The number of benzene rings is 2. The summed E-state index contributed by atoms with van der Waals surface area (Å²) in [6, 6.07) is 13.6. The van der Waals surface area contributed by atoms with E-state index in [0.29, 0.717) is 5.69 Å². The fourth-order valence-corrected chi connectivity index (χ4v) is 2.74. The quantitative estimate of drug-likeness (QED) is 0.771. The standard InChI is InChI=1S/C19H17F3N4O3/c20-19(21,22)11-29-16-9-5-4-8-13(16)24-18(28)14-10-15(17(23)27)26(25-14)12-6-2-1-3-7-12/h1-9,15H,10-11H2,(H2,23,27)(H,24,28)/t15-/m0/s1. The Hall–Kier alpha value is -3.56. The molecule has 1 aliphatic heterocycles. The van der Waals surface area contributed by atoms with Crippen molar-refractivity contribution in [1.29, 1.82) is 0 Å². The Morgan fingerprint density at radius 1 is 1.14 bits per heavy atom. The molecule has 0 saturated carbocycles. The summed E-state index contributed by atoms with van der Waals surface area (Å²) < 4.78 is 42.0. The van der Waals surface area contributed by atoms with Crippen molar-refractivity contribution in [3.63, 3.8) is 0 Å². The van der Waals surface area contributed by atoms with E-state index < -0.39 is 30.6 Å². The monoisotopic (exact) mass is 406 g/mol. The lowest BCUT2D eigenvalue weighted by Crippen LogP contribution is -2.39. The molecule has 1 heterocycles. The van der Waals surface area contributed by atoms with Crippen molar-refractivity contribution in [1.82, 2.24) is 0 Å². The Labute approximate surface area is 163 Å². The zero-order valence-corrected chi connectivity index (χ0v) is 15.0. The van der Waals surface area contributed by atoms with E-state index in [-0.39, 0.29) is 23.6 Å². The van der Waals surface area contributed by atoms with Crippen molar-refractivity contribution in [3.8, 4) is 5.75 Å². The van der Waals surface area contributed by atoms with E-state index in [1.54, 1.807) is 30.3 Å². The number of carbonyl (C=O) groups excluding carboxylic acids is 2. The summed E-state index contributed by atoms with van der Waals surface area (Å²) in [4.78, 5) is 24.4. The first-order valence-corrected chi connectivity index (χ1v) is 8.55. The van der Waals surface area contributed by atoms with Gasteiger partial charge in [-0.25, -0.2) is 0 Å². The summed E-state index contributed by atoms with van der Waals surface area (Å²) >= 11 is 0. The average Bonchev–Trinajstić information content (AvgIpc) is 3.13. The van der Waals surface area contributed by atoms with Crippen molar-refractivity contribution in [2.75, 3.05) is 16.9 Å². The third-order valence-corrected chi connectivity index (χ3v) is 4.05. The molecule has 0 fully saturated rings. The Morgan fingerprint density at radius 3 is 2.45 bits per heavy atom. The number of nitrogens with two attached hydrogens (primary N) is 1. The highest BCUT2D eigenvalue weighted by Gasteiger charge is 2.35. The van der Waals surface area contributed by atoms with Gasteiger partial charge in [-0.2, -0.15) is 18.3 Å². The van der Waals surface area contributed by atoms with Gasteiger partial charge in [0.1, 0.15) is 17.5 Å². The summed E-state index contributed by atoms with van der Waals surface area (Å²) in [5, 5.41) is 8.02. The number of amides is 2. The molecule has 0 aromatic heterocycles. The van der Waals surface area contributed by atoms with Gasteiger partial charge in [0.2, 0.25) is 5.91 Å². The number of alkyl halides is 3. The molecule has 0 spiro atoms. The smallest absolute Gasteiger partial charge is 0.422 e. The summed E-state index contributed by atoms with van der Waals surface area (Å²) in [5.41, 5.74) is 6.08. The molecule has 152 valence electrons. The predicted octanol–water partition coefficient (Wildman–Crippen LogP) is 2.69. The van der Waals surface area contributed by atoms with Gasteiger partial charge in [0.25, 0.3) is 5.91 Å². The van der Waals surface area contributed by atoms with Crippen LogP contribution in [0.15, 0.2) is 59.7 Å². The first-order chi connectivity index (χ1) is 13.7. The number of hydrogen-bond acceptors (Lipinski definition) is 5. The Morgan fingerprint density at radius 2 is 1.79 bits per heavy atom. The lowest BCUT2D eigenvalue weighted by atomic mass is 10.1. The van der Waals surface area contributed by atoms with Crippen molar-refractivity contribution in [3.05, 3.63) is 54.6 Å². The maximum Gasteiger partial charge on any atom is 0.422 e. The zero-order valence-electron chi connectivity index (χ0n) is 15.0. The number of halogens is 3. The summed E-state index contributed by atoms with van der Waals surface area (Å²) in [6.07, 6.45) is -4.56. The number of nitrogens with zero attached hydrogens (tertiary/aromatic N) is 2. The molecule has 0 aliphatic carbocycles. The van der Waals surface area contributed by atoms with Gasteiger partial charge in [-0.1, -0.05) is 30.3 Å². The molecule has 1 atom stereocenters. The number of hydrazone groups is 1. The third kappa shape index (κ3) is 5.03. The molecular formula is C19H17F3N4O3. The second-order valence-electron chi connectivity index (χ2n) is 6.20. The van der Waals surface area contributed by atoms with Crippen molar-refractivity contribution in [2.24, 2.45) is 10.8 Å². The third-order valence-electron chi connectivity index (χ3n) is 4.05. The minimum Gasteiger partial charge on any atom is -0.482 e. The van der Waals surface area contributed by atoms with Gasteiger partial charge >= 0.3 is 6.18 Å². The average molecular weight is 406 g/mol. The molecule has 7 nitrogen and oxygen atoms in total. The van der Waals surface area contributed by atoms with Crippen LogP contribution >= 0.6 is 0 Å². The number of para-hydroxylation sites is 3. The van der Waals surface area contributed by atoms with Gasteiger partial charge < -0.3 is 15.8 Å². The van der Waals surface area contributed by atoms with Crippen LogP contribution in [-0.2, 0) is 9.59 Å². The Bertz CT molecular complexity index is 932. The maximum atomic E-state index is 12.6. The molecule has 29 heavy (non-hydrogen) atoms. The Kier molecular flexibility index (Phi) is 5.71. The van der Waals surface area contributed by atoms with Crippen molar-refractivity contribution < 1.29 is 27.5 Å². The maximum absolute atomic E-state index is 12.6. The molecule has 3 N–H and O–H groups in total. The van der Waals surface area contributed by atoms with Crippen LogP contribution in [0, 0.1) is 0 Å². The van der Waals surface area contributed by atoms with Crippen molar-refractivity contribution >= 4 is 28.9 Å². The lowest BCUT2D eigenvalue weighted by Gasteiger charge is -2.20. The molecule has 0 radical (unpaired) electrons. The highest BCUT2D eigenvalue weighted by atomic mass is 19.4. The summed E-state index contributed by atoms with van der Waals surface area (Å²) in [5.74, 6) is -1.46. The molecule has 0 unspecified atom stereocenters. The number of hydrogen-bond donors (Lipinski definition) is 2. The molecule has 3 rings (SSSR count). The highest BCUT2D eigenvalue weighted by Crippen LogP contribution is 2.28. The topological polar surface area (TPSA) is 97.0 Å². The molecule has 10 heteroatoms. The number of ether oxygens (including phenoxy) is 1. The largest absolute Gasteiger partial charge is 0.482 e. The molecule has 2 aromatic carbocycles. The van der Waals surface area contributed by atoms with E-state index in [0.717, 1.165) is 0 Å². The van der Waals surface area contributed by atoms with E-state index in [4.69, 9.17) is 10.5 Å². The van der Waals surface area contributed by atoms with Gasteiger partial charge in [0, 0.05) is 6.42 Å². The van der Waals surface area contributed by atoms with Crippen LogP contribution in [-0.4, -0.2) is 36.4 Å². The number of rotatable bonds is 6. The summed E-state index contributed by atoms with van der Waals surface area (Å²) in [7, 11) is 0. The van der Waals surface area contributed by atoms with Crippen LogP contribution in [0.4, 0.5) is 24.5 Å². The van der Waals surface area contributed by atoms with E-state index >= 15 is 0 Å². The van der Waals surface area contributed by atoms with Crippen LogP contribution in [0.2, 0.25) is 0 Å². The fourth-order valence-electron chi connectivity index (χ4n) is 2.74. The number of nitrogens with one attached hydrogen (secondary N) is 1. The van der Waals surface area contributed by atoms with E-state index in [1.807, 2.05) is 0 Å². The van der Waals surface area contributed by atoms with Gasteiger partial charge in [0.15, 0.2) is 6.61 Å². The minimum atomic E-state index is -4.52. The molecule has 2 amide bonds. The summed E-state index contributed by atoms with van der Waals surface area (Å²) in [6.45, 7) is -1.49. The van der Waals surface area contributed by atoms with E-state index in [1.165, 1.54) is 29.3 Å². The van der Waals surface area contributed by atoms with Gasteiger partial charge in [-0.15, -0.1) is 0 Å². The molecule has 0 bridgehead atoms. The van der Waals surface area contributed by atoms with E-state index in [2.05, 4.69) is 10.4 Å². The van der Waals surface area contributed by atoms with Crippen LogP contribution in [0.1, 0.15) is 6.42 Å². The second-order valence-corrected chi connectivity index (χ2v) is 6.20. The highest BCUT2D eigenvalue weighted by molar-refractivity contribution is 6.44.